The molecular formula is C19H17N5O. The third kappa shape index (κ3) is 3.19. The molecule has 4 rings (SSSR count). The number of benzene rings is 1. The fraction of sp³-hybridized carbons (Fsp3) is 0.158. The van der Waals surface area contributed by atoms with Gasteiger partial charge in [-0.1, -0.05) is 30.3 Å². The third-order valence-corrected chi connectivity index (χ3v) is 4.14. The number of aromatic nitrogens is 5. The summed E-state index contributed by atoms with van der Waals surface area (Å²) in [6.45, 7) is 0.797. The Labute approximate surface area is 144 Å². The van der Waals surface area contributed by atoms with Crippen molar-refractivity contribution >= 4 is 5.78 Å². The molecule has 0 atom stereocenters. The molecule has 1 aromatic carbocycles. The zero-order valence-electron chi connectivity index (χ0n) is 13.6. The minimum atomic E-state index is -0.111. The highest BCUT2D eigenvalue weighted by molar-refractivity contribution is 5.55. The molecule has 0 spiro atoms. The number of rotatable bonds is 5. The van der Waals surface area contributed by atoms with E-state index in [9.17, 15) is 4.79 Å². The number of fused-ring (bicyclic) bond motifs is 1. The Morgan fingerprint density at radius 3 is 2.68 bits per heavy atom. The summed E-state index contributed by atoms with van der Waals surface area (Å²) < 4.78 is 3.57. The highest BCUT2D eigenvalue weighted by atomic mass is 16.1. The van der Waals surface area contributed by atoms with Gasteiger partial charge in [-0.05, 0) is 24.5 Å². The van der Waals surface area contributed by atoms with Crippen LogP contribution in [0.4, 0.5) is 0 Å². The van der Waals surface area contributed by atoms with Crippen molar-refractivity contribution in [3.8, 4) is 11.4 Å². The van der Waals surface area contributed by atoms with Crippen LogP contribution in [0.2, 0.25) is 0 Å². The second-order valence-corrected chi connectivity index (χ2v) is 5.82. The molecule has 0 bridgehead atoms. The number of hydrogen-bond donors (Lipinski definition) is 0. The van der Waals surface area contributed by atoms with Gasteiger partial charge in [0.1, 0.15) is 6.33 Å². The normalized spacial score (nSPS) is 11.0. The van der Waals surface area contributed by atoms with Gasteiger partial charge in [0.05, 0.1) is 11.4 Å². The van der Waals surface area contributed by atoms with Crippen LogP contribution in [0.5, 0.6) is 0 Å². The van der Waals surface area contributed by atoms with Crippen LogP contribution in [-0.4, -0.2) is 23.9 Å². The fourth-order valence-electron chi connectivity index (χ4n) is 2.88. The predicted octanol–water partition coefficient (Wildman–Crippen LogP) is 2.59. The van der Waals surface area contributed by atoms with Gasteiger partial charge in [0, 0.05) is 31.2 Å². The Morgan fingerprint density at radius 2 is 1.88 bits per heavy atom. The minimum absolute atomic E-state index is 0.111. The summed E-state index contributed by atoms with van der Waals surface area (Å²) in [4.78, 5) is 25.1. The van der Waals surface area contributed by atoms with Crippen molar-refractivity contribution < 1.29 is 0 Å². The van der Waals surface area contributed by atoms with E-state index in [1.54, 1.807) is 22.9 Å². The molecule has 6 heteroatoms. The molecule has 3 heterocycles. The standard InChI is InChI=1S/C19H17N5O/c25-18-13-17(16-8-9-20-14-21-16)22-19-23(11-12-24(18)19)10-4-7-15-5-2-1-3-6-15/h1-3,5-6,8-9,11-14H,4,7,10H2. The summed E-state index contributed by atoms with van der Waals surface area (Å²) in [6, 6.07) is 13.6. The first-order chi connectivity index (χ1) is 12.3. The van der Waals surface area contributed by atoms with Gasteiger partial charge in [-0.15, -0.1) is 0 Å². The largest absolute Gasteiger partial charge is 0.317 e. The maximum atomic E-state index is 12.3. The minimum Gasteiger partial charge on any atom is -0.317 e. The molecule has 124 valence electrons. The molecule has 0 fully saturated rings. The van der Waals surface area contributed by atoms with Crippen molar-refractivity contribution in [1.82, 2.24) is 23.9 Å². The maximum Gasteiger partial charge on any atom is 0.259 e. The molecule has 6 nitrogen and oxygen atoms in total. The van der Waals surface area contributed by atoms with Gasteiger partial charge in [0.15, 0.2) is 0 Å². The SMILES string of the molecule is O=c1cc(-c2ccncn2)nc2n(CCCc3ccccc3)ccn12. The van der Waals surface area contributed by atoms with E-state index in [1.807, 2.05) is 16.8 Å². The van der Waals surface area contributed by atoms with Crippen molar-refractivity contribution in [3.63, 3.8) is 0 Å². The Morgan fingerprint density at radius 1 is 1.00 bits per heavy atom. The molecule has 0 saturated heterocycles. The van der Waals surface area contributed by atoms with E-state index in [1.165, 1.54) is 18.0 Å². The van der Waals surface area contributed by atoms with Gasteiger partial charge in [-0.2, -0.15) is 0 Å². The molecule has 25 heavy (non-hydrogen) atoms. The van der Waals surface area contributed by atoms with Gasteiger partial charge in [-0.25, -0.2) is 15.0 Å². The molecule has 0 N–H and O–H groups in total. The van der Waals surface area contributed by atoms with E-state index >= 15 is 0 Å². The van der Waals surface area contributed by atoms with Crippen LogP contribution in [0.1, 0.15) is 12.0 Å². The summed E-state index contributed by atoms with van der Waals surface area (Å²) in [5.74, 6) is 0.633. The Hall–Kier alpha value is -3.28. The molecule has 0 aliphatic rings. The summed E-state index contributed by atoms with van der Waals surface area (Å²) in [5, 5.41) is 0. The summed E-state index contributed by atoms with van der Waals surface area (Å²) in [6.07, 6.45) is 8.72. The van der Waals surface area contributed by atoms with Crippen molar-refractivity contribution in [2.24, 2.45) is 0 Å². The highest BCUT2D eigenvalue weighted by Crippen LogP contribution is 2.13. The van der Waals surface area contributed by atoms with Crippen LogP contribution >= 0.6 is 0 Å². The lowest BCUT2D eigenvalue weighted by atomic mass is 10.1. The molecule has 0 unspecified atom stereocenters. The zero-order chi connectivity index (χ0) is 17.1. The molecular weight excluding hydrogens is 314 g/mol. The monoisotopic (exact) mass is 331 g/mol. The predicted molar refractivity (Wildman–Crippen MR) is 95.2 cm³/mol. The summed E-state index contributed by atoms with van der Waals surface area (Å²) >= 11 is 0. The average molecular weight is 331 g/mol. The first-order valence-electron chi connectivity index (χ1n) is 8.20. The second-order valence-electron chi connectivity index (χ2n) is 5.82. The smallest absolute Gasteiger partial charge is 0.259 e. The van der Waals surface area contributed by atoms with Crippen LogP contribution in [0, 0.1) is 0 Å². The second kappa shape index (κ2) is 6.68. The van der Waals surface area contributed by atoms with Crippen molar-refractivity contribution in [2.45, 2.75) is 19.4 Å². The lowest BCUT2D eigenvalue weighted by molar-refractivity contribution is 0.653. The van der Waals surface area contributed by atoms with Crippen molar-refractivity contribution in [3.05, 3.63) is 83.3 Å². The zero-order valence-corrected chi connectivity index (χ0v) is 13.6. The van der Waals surface area contributed by atoms with Crippen LogP contribution in [0.15, 0.2) is 72.2 Å². The molecule has 0 aliphatic carbocycles. The first kappa shape index (κ1) is 15.3. The quantitative estimate of drug-likeness (QED) is 0.564. The Balaban J connectivity index is 1.61. The number of imidazole rings is 1. The van der Waals surface area contributed by atoms with E-state index in [4.69, 9.17) is 0 Å². The van der Waals surface area contributed by atoms with Crippen LogP contribution < -0.4 is 5.56 Å². The molecule has 0 radical (unpaired) electrons. The lowest BCUT2D eigenvalue weighted by Gasteiger charge is -2.06. The van der Waals surface area contributed by atoms with Gasteiger partial charge < -0.3 is 4.57 Å². The molecule has 3 aromatic heterocycles. The maximum absolute atomic E-state index is 12.3. The number of nitrogens with zero attached hydrogens (tertiary/aromatic N) is 5. The van der Waals surface area contributed by atoms with Crippen molar-refractivity contribution in [2.75, 3.05) is 0 Å². The van der Waals surface area contributed by atoms with E-state index in [0.717, 1.165) is 19.4 Å². The lowest BCUT2D eigenvalue weighted by Crippen LogP contribution is -2.14. The van der Waals surface area contributed by atoms with Crippen LogP contribution in [0.25, 0.3) is 17.2 Å². The van der Waals surface area contributed by atoms with Crippen LogP contribution in [-0.2, 0) is 13.0 Å². The van der Waals surface area contributed by atoms with Crippen LogP contribution in [0.3, 0.4) is 0 Å². The van der Waals surface area contributed by atoms with E-state index < -0.39 is 0 Å². The number of hydrogen-bond acceptors (Lipinski definition) is 4. The van der Waals surface area contributed by atoms with Crippen molar-refractivity contribution in [1.29, 1.82) is 0 Å². The topological polar surface area (TPSA) is 65.1 Å². The molecule has 0 amide bonds. The van der Waals surface area contributed by atoms with E-state index in [-0.39, 0.29) is 5.56 Å². The first-order valence-corrected chi connectivity index (χ1v) is 8.20. The van der Waals surface area contributed by atoms with Gasteiger partial charge >= 0.3 is 0 Å². The summed E-state index contributed by atoms with van der Waals surface area (Å²) in [5.41, 5.74) is 2.41. The van der Waals surface area contributed by atoms with Gasteiger partial charge in [-0.3, -0.25) is 9.20 Å². The molecule has 4 aromatic rings. The Bertz CT molecular complexity index is 1040. The van der Waals surface area contributed by atoms with Gasteiger partial charge in [0.2, 0.25) is 5.78 Å². The molecule has 0 saturated carbocycles. The average Bonchev–Trinajstić information content (AvgIpc) is 3.07. The highest BCUT2D eigenvalue weighted by Gasteiger charge is 2.09. The third-order valence-electron chi connectivity index (χ3n) is 4.14. The number of aryl methyl sites for hydroxylation is 2. The molecule has 0 aliphatic heterocycles. The summed E-state index contributed by atoms with van der Waals surface area (Å²) in [7, 11) is 0. The van der Waals surface area contributed by atoms with E-state index in [0.29, 0.717) is 17.2 Å². The Kier molecular flexibility index (Phi) is 4.08. The fourth-order valence-corrected chi connectivity index (χ4v) is 2.88. The van der Waals surface area contributed by atoms with E-state index in [2.05, 4.69) is 39.2 Å². The van der Waals surface area contributed by atoms with Gasteiger partial charge in [0.25, 0.3) is 5.56 Å².